The van der Waals surface area contributed by atoms with Gasteiger partial charge in [-0.3, -0.25) is 0 Å². The van der Waals surface area contributed by atoms with Gasteiger partial charge in [-0.25, -0.2) is 0 Å². The molecule has 2 heteroatoms. The van der Waals surface area contributed by atoms with E-state index in [0.29, 0.717) is 16.7 Å². The number of allylic oxidation sites excluding steroid dienone is 6. The molecule has 5 rings (SSSR count). The highest BCUT2D eigenvalue weighted by Crippen LogP contribution is 2.72. The van der Waals surface area contributed by atoms with Gasteiger partial charge in [0.15, 0.2) is 5.79 Å². The summed E-state index contributed by atoms with van der Waals surface area (Å²) in [7, 11) is 0. The Hall–Kier alpha value is -0.860. The van der Waals surface area contributed by atoms with Crippen molar-refractivity contribution in [2.45, 2.75) is 119 Å². The van der Waals surface area contributed by atoms with Gasteiger partial charge in [0.25, 0.3) is 0 Å². The minimum atomic E-state index is -0.380. The van der Waals surface area contributed by atoms with Gasteiger partial charge in [0.2, 0.25) is 0 Å². The lowest BCUT2D eigenvalue weighted by molar-refractivity contribution is -0.279. The molecule has 0 bridgehead atoms. The highest BCUT2D eigenvalue weighted by atomic mass is 16.7. The molecule has 0 N–H and O–H groups in total. The zero-order valence-electron chi connectivity index (χ0n) is 24.1. The monoisotopic (exact) mass is 480 g/mol. The van der Waals surface area contributed by atoms with Gasteiger partial charge in [-0.15, -0.1) is 0 Å². The van der Waals surface area contributed by atoms with E-state index in [1.54, 1.807) is 16.7 Å². The smallest absolute Gasteiger partial charge is 0.173 e. The van der Waals surface area contributed by atoms with Crippen LogP contribution in [0.4, 0.5) is 0 Å². The maximum atomic E-state index is 6.36. The van der Waals surface area contributed by atoms with Crippen molar-refractivity contribution in [1.29, 1.82) is 0 Å². The van der Waals surface area contributed by atoms with Crippen LogP contribution in [-0.4, -0.2) is 19.0 Å². The van der Waals surface area contributed by atoms with E-state index in [2.05, 4.69) is 73.6 Å². The molecule has 0 amide bonds. The zero-order chi connectivity index (χ0) is 25.3. The van der Waals surface area contributed by atoms with Gasteiger partial charge < -0.3 is 9.47 Å². The standard InChI is InChI=1S/C33H52O2/c1-9-23(2)11-10-12-24(3)25-15-17-32(8)27-13-14-28-29(4,5)33(34-21-22-35-33)20-19-30(28,6)26(27)16-18-31(25,32)7/h11,13,16,24-25,28H,9-10,12,14-15,17-22H2,1-8H3/b23-11-/t24-,25-,28?,30-,31-,32+/m1/s1. The summed E-state index contributed by atoms with van der Waals surface area (Å²) >= 11 is 0. The molecule has 0 aromatic heterocycles. The van der Waals surface area contributed by atoms with Crippen molar-refractivity contribution in [2.75, 3.05) is 13.2 Å². The maximum absolute atomic E-state index is 6.36. The van der Waals surface area contributed by atoms with Gasteiger partial charge in [-0.05, 0) is 103 Å². The van der Waals surface area contributed by atoms with Gasteiger partial charge in [0.05, 0.1) is 13.2 Å². The average Bonchev–Trinajstić information content (AvgIpc) is 3.40. The van der Waals surface area contributed by atoms with Crippen LogP contribution in [0.1, 0.15) is 113 Å². The summed E-state index contributed by atoms with van der Waals surface area (Å²) in [5.41, 5.74) is 5.88. The molecule has 196 valence electrons. The summed E-state index contributed by atoms with van der Waals surface area (Å²) in [4.78, 5) is 0. The molecule has 0 aromatic rings. The highest BCUT2D eigenvalue weighted by Gasteiger charge is 2.66. The molecular formula is C33H52O2. The normalized spacial score (nSPS) is 42.7. The number of fused-ring (bicyclic) bond motifs is 5. The lowest BCUT2D eigenvalue weighted by Crippen LogP contribution is -2.60. The Kier molecular flexibility index (Phi) is 6.32. The van der Waals surface area contributed by atoms with E-state index in [-0.39, 0.29) is 16.6 Å². The molecule has 4 aliphatic carbocycles. The second kappa shape index (κ2) is 8.59. The van der Waals surface area contributed by atoms with Crippen molar-refractivity contribution in [3.8, 4) is 0 Å². The number of rotatable bonds is 5. The summed E-state index contributed by atoms with van der Waals surface area (Å²) in [6, 6.07) is 0. The van der Waals surface area contributed by atoms with Gasteiger partial charge in [-0.1, -0.05) is 72.3 Å². The van der Waals surface area contributed by atoms with Crippen molar-refractivity contribution >= 4 is 0 Å². The third kappa shape index (κ3) is 3.48. The molecule has 1 aliphatic heterocycles. The Bertz CT molecular complexity index is 931. The second-order valence-electron chi connectivity index (χ2n) is 14.2. The third-order valence-corrected chi connectivity index (χ3v) is 12.5. The Morgan fingerprint density at radius 1 is 1.03 bits per heavy atom. The predicted molar refractivity (Wildman–Crippen MR) is 146 cm³/mol. The number of hydrogen-bond acceptors (Lipinski definition) is 2. The first-order valence-corrected chi connectivity index (χ1v) is 14.8. The molecule has 5 aliphatic rings. The van der Waals surface area contributed by atoms with Crippen LogP contribution >= 0.6 is 0 Å². The molecule has 1 spiro atoms. The Balaban J connectivity index is 1.43. The van der Waals surface area contributed by atoms with Gasteiger partial charge >= 0.3 is 0 Å². The Morgan fingerprint density at radius 3 is 2.43 bits per heavy atom. The number of hydrogen-bond donors (Lipinski definition) is 0. The second-order valence-corrected chi connectivity index (χ2v) is 14.2. The van der Waals surface area contributed by atoms with Crippen molar-refractivity contribution in [3.05, 3.63) is 34.9 Å². The third-order valence-electron chi connectivity index (χ3n) is 12.5. The predicted octanol–water partition coefficient (Wildman–Crippen LogP) is 9.03. The maximum Gasteiger partial charge on any atom is 0.173 e. The van der Waals surface area contributed by atoms with Crippen LogP contribution in [0.15, 0.2) is 34.9 Å². The summed E-state index contributed by atoms with van der Waals surface area (Å²) in [5.74, 6) is 1.79. The molecule has 2 nitrogen and oxygen atoms in total. The molecule has 0 aromatic carbocycles. The van der Waals surface area contributed by atoms with Crippen LogP contribution in [0.3, 0.4) is 0 Å². The first-order valence-electron chi connectivity index (χ1n) is 14.8. The van der Waals surface area contributed by atoms with Crippen LogP contribution < -0.4 is 0 Å². The Morgan fingerprint density at radius 2 is 1.74 bits per heavy atom. The van der Waals surface area contributed by atoms with E-state index >= 15 is 0 Å². The molecule has 6 atom stereocenters. The molecule has 2 saturated carbocycles. The molecule has 1 saturated heterocycles. The summed E-state index contributed by atoms with van der Waals surface area (Å²) in [5, 5.41) is 0. The minimum Gasteiger partial charge on any atom is -0.347 e. The van der Waals surface area contributed by atoms with Crippen molar-refractivity contribution < 1.29 is 9.47 Å². The molecule has 1 heterocycles. The van der Waals surface area contributed by atoms with E-state index in [1.807, 2.05) is 0 Å². The minimum absolute atomic E-state index is 0.0118. The molecular weight excluding hydrogens is 428 g/mol. The van der Waals surface area contributed by atoms with Crippen molar-refractivity contribution in [1.82, 2.24) is 0 Å². The van der Waals surface area contributed by atoms with Gasteiger partial charge in [0.1, 0.15) is 0 Å². The quantitative estimate of drug-likeness (QED) is 0.365. The lowest BCUT2D eigenvalue weighted by Gasteiger charge is -2.63. The van der Waals surface area contributed by atoms with Gasteiger partial charge in [0, 0.05) is 11.8 Å². The van der Waals surface area contributed by atoms with E-state index in [1.165, 1.54) is 44.9 Å². The van der Waals surface area contributed by atoms with E-state index in [4.69, 9.17) is 9.47 Å². The lowest BCUT2D eigenvalue weighted by atomic mass is 9.43. The van der Waals surface area contributed by atoms with Crippen molar-refractivity contribution in [3.63, 3.8) is 0 Å². The Labute approximate surface area is 216 Å². The molecule has 35 heavy (non-hydrogen) atoms. The largest absolute Gasteiger partial charge is 0.347 e. The fourth-order valence-corrected chi connectivity index (χ4v) is 9.79. The van der Waals surface area contributed by atoms with Crippen molar-refractivity contribution in [2.24, 2.45) is 39.4 Å². The average molecular weight is 481 g/mol. The topological polar surface area (TPSA) is 18.5 Å². The SMILES string of the molecule is CC/C(C)=C\CC[C@@H](C)[C@H]1CC[C@@]2(C)C3=CCC4C(C)(C)C5(CC[C@]4(C)C3=CC[C@]12C)OCCO5. The summed E-state index contributed by atoms with van der Waals surface area (Å²) in [6.45, 7) is 21.3. The van der Waals surface area contributed by atoms with Crippen LogP contribution in [0.5, 0.6) is 0 Å². The van der Waals surface area contributed by atoms with Crippen LogP contribution in [0.25, 0.3) is 0 Å². The van der Waals surface area contributed by atoms with Crippen LogP contribution in [-0.2, 0) is 9.47 Å². The van der Waals surface area contributed by atoms with E-state index in [9.17, 15) is 0 Å². The highest BCUT2D eigenvalue weighted by molar-refractivity contribution is 5.50. The number of ether oxygens (including phenoxy) is 2. The first-order chi connectivity index (χ1) is 16.5. The fraction of sp³-hybridized carbons (Fsp3) is 0.818. The van der Waals surface area contributed by atoms with E-state index in [0.717, 1.165) is 37.9 Å². The molecule has 1 unspecified atom stereocenters. The first kappa shape index (κ1) is 25.8. The summed E-state index contributed by atoms with van der Waals surface area (Å²) < 4.78 is 12.7. The van der Waals surface area contributed by atoms with E-state index < -0.39 is 0 Å². The summed E-state index contributed by atoms with van der Waals surface area (Å²) in [6.07, 6.45) is 19.0. The molecule has 3 fully saturated rings. The van der Waals surface area contributed by atoms with Gasteiger partial charge in [-0.2, -0.15) is 0 Å². The zero-order valence-corrected chi connectivity index (χ0v) is 24.1. The molecule has 0 radical (unpaired) electrons. The van der Waals surface area contributed by atoms with Crippen LogP contribution in [0.2, 0.25) is 0 Å². The fourth-order valence-electron chi connectivity index (χ4n) is 9.79. The van der Waals surface area contributed by atoms with Crippen LogP contribution in [0, 0.1) is 39.4 Å².